The van der Waals surface area contributed by atoms with Gasteiger partial charge in [0.05, 0.1) is 17.4 Å². The summed E-state index contributed by atoms with van der Waals surface area (Å²) >= 11 is 0. The molecule has 2 aliphatic heterocycles. The maximum Gasteiger partial charge on any atom is 0.309 e. The smallest absolute Gasteiger partial charge is 0.309 e. The van der Waals surface area contributed by atoms with Gasteiger partial charge in [0.2, 0.25) is 11.8 Å². The quantitative estimate of drug-likeness (QED) is 0.652. The van der Waals surface area contributed by atoms with Crippen molar-refractivity contribution in [2.24, 2.45) is 5.92 Å². The van der Waals surface area contributed by atoms with Crippen molar-refractivity contribution in [3.63, 3.8) is 0 Å². The van der Waals surface area contributed by atoms with E-state index in [4.69, 9.17) is 4.74 Å². The molecule has 1 aromatic carbocycles. The standard InChI is InChI=1S/C21H28N2O6S/c1-4-29-21(26)16-9-11-22(12-10-16)20(25)18-7-8-19(24)23(18)30(27,28)17-6-5-14(2)15(3)13-17/h5-6,13,16,18H,4,7-12H2,1-3H3. The number of hydrogen-bond acceptors (Lipinski definition) is 6. The minimum atomic E-state index is -4.13. The van der Waals surface area contributed by atoms with Crippen LogP contribution in [-0.2, 0) is 29.1 Å². The first-order valence-corrected chi connectivity index (χ1v) is 11.7. The Kier molecular flexibility index (Phi) is 6.50. The number of likely N-dealkylation sites (tertiary alicyclic amines) is 1. The summed E-state index contributed by atoms with van der Waals surface area (Å²) in [5.74, 6) is -1.46. The van der Waals surface area contributed by atoms with Crippen LogP contribution in [0.1, 0.15) is 43.7 Å². The summed E-state index contributed by atoms with van der Waals surface area (Å²) in [5, 5.41) is 0. The fourth-order valence-corrected chi connectivity index (χ4v) is 5.66. The van der Waals surface area contributed by atoms with Crippen molar-refractivity contribution >= 4 is 27.8 Å². The van der Waals surface area contributed by atoms with E-state index >= 15 is 0 Å². The normalized spacial score (nSPS) is 20.5. The van der Waals surface area contributed by atoms with Crippen molar-refractivity contribution in [1.82, 2.24) is 9.21 Å². The van der Waals surface area contributed by atoms with E-state index in [-0.39, 0.29) is 35.5 Å². The molecule has 0 N–H and O–H groups in total. The number of aryl methyl sites for hydroxylation is 2. The number of hydrogen-bond donors (Lipinski definition) is 0. The van der Waals surface area contributed by atoms with E-state index in [1.807, 2.05) is 6.92 Å². The molecule has 8 nitrogen and oxygen atoms in total. The highest BCUT2D eigenvalue weighted by atomic mass is 32.2. The summed E-state index contributed by atoms with van der Waals surface area (Å²) in [5.41, 5.74) is 1.74. The number of ether oxygens (including phenoxy) is 1. The van der Waals surface area contributed by atoms with E-state index < -0.39 is 22.0 Å². The first-order valence-electron chi connectivity index (χ1n) is 10.3. The SMILES string of the molecule is CCOC(=O)C1CCN(C(=O)C2CCC(=O)N2S(=O)(=O)c2ccc(C)c(C)c2)CC1. The molecule has 1 atom stereocenters. The fraction of sp³-hybridized carbons (Fsp3) is 0.571. The highest BCUT2D eigenvalue weighted by Crippen LogP contribution is 2.30. The topological polar surface area (TPSA) is 101 Å². The van der Waals surface area contributed by atoms with E-state index in [1.165, 1.54) is 12.1 Å². The van der Waals surface area contributed by atoms with E-state index in [2.05, 4.69) is 0 Å². The van der Waals surface area contributed by atoms with Crippen molar-refractivity contribution in [1.29, 1.82) is 0 Å². The third-order valence-corrected chi connectivity index (χ3v) is 7.73. The Morgan fingerprint density at radius 1 is 1.10 bits per heavy atom. The first-order chi connectivity index (χ1) is 14.2. The number of esters is 1. The molecule has 2 fully saturated rings. The van der Waals surface area contributed by atoms with Gasteiger partial charge in [-0.3, -0.25) is 14.4 Å². The molecule has 9 heteroatoms. The summed E-state index contributed by atoms with van der Waals surface area (Å²) in [4.78, 5) is 39.1. The lowest BCUT2D eigenvalue weighted by molar-refractivity contribution is -0.151. The molecule has 1 unspecified atom stereocenters. The van der Waals surface area contributed by atoms with Crippen LogP contribution in [0.25, 0.3) is 0 Å². The van der Waals surface area contributed by atoms with E-state index in [1.54, 1.807) is 24.8 Å². The molecule has 3 rings (SSSR count). The van der Waals surface area contributed by atoms with E-state index in [0.717, 1.165) is 15.4 Å². The lowest BCUT2D eigenvalue weighted by Gasteiger charge is -2.34. The number of piperidine rings is 1. The van der Waals surface area contributed by atoms with Crippen molar-refractivity contribution in [3.05, 3.63) is 29.3 Å². The van der Waals surface area contributed by atoms with Gasteiger partial charge in [-0.25, -0.2) is 12.7 Å². The Morgan fingerprint density at radius 2 is 1.77 bits per heavy atom. The molecule has 2 heterocycles. The molecule has 0 bridgehead atoms. The van der Waals surface area contributed by atoms with Crippen molar-refractivity contribution in [2.75, 3.05) is 19.7 Å². The zero-order chi connectivity index (χ0) is 22.1. The first kappa shape index (κ1) is 22.3. The monoisotopic (exact) mass is 436 g/mol. The Morgan fingerprint density at radius 3 is 2.37 bits per heavy atom. The average Bonchev–Trinajstić information content (AvgIpc) is 3.12. The molecule has 2 saturated heterocycles. The minimum Gasteiger partial charge on any atom is -0.466 e. The van der Waals surface area contributed by atoms with Crippen LogP contribution in [0, 0.1) is 19.8 Å². The molecule has 30 heavy (non-hydrogen) atoms. The second-order valence-electron chi connectivity index (χ2n) is 7.85. The van der Waals surface area contributed by atoms with E-state index in [9.17, 15) is 22.8 Å². The number of sulfonamides is 1. The van der Waals surface area contributed by atoms with Crippen molar-refractivity contribution in [3.8, 4) is 0 Å². The van der Waals surface area contributed by atoms with Crippen LogP contribution in [0.15, 0.2) is 23.1 Å². The zero-order valence-corrected chi connectivity index (χ0v) is 18.4. The highest BCUT2D eigenvalue weighted by Gasteiger charge is 2.46. The minimum absolute atomic E-state index is 0.0136. The maximum absolute atomic E-state index is 13.2. The Hall–Kier alpha value is -2.42. The predicted octanol–water partition coefficient (Wildman–Crippen LogP) is 1.78. The van der Waals surface area contributed by atoms with Gasteiger partial charge in [0.25, 0.3) is 10.0 Å². The fourth-order valence-electron chi connectivity index (χ4n) is 3.98. The molecule has 0 aromatic heterocycles. The van der Waals surface area contributed by atoms with Gasteiger partial charge in [-0.1, -0.05) is 6.07 Å². The van der Waals surface area contributed by atoms with Crippen LogP contribution < -0.4 is 0 Å². The van der Waals surface area contributed by atoms with Crippen LogP contribution in [0.5, 0.6) is 0 Å². The molecule has 0 saturated carbocycles. The largest absolute Gasteiger partial charge is 0.466 e. The van der Waals surface area contributed by atoms with Gasteiger partial charge in [0.1, 0.15) is 6.04 Å². The zero-order valence-electron chi connectivity index (χ0n) is 17.6. The molecular weight excluding hydrogens is 408 g/mol. The van der Waals surface area contributed by atoms with Crippen molar-refractivity contribution in [2.45, 2.75) is 57.4 Å². The molecule has 0 aliphatic carbocycles. The number of carbonyl (C=O) groups excluding carboxylic acids is 3. The number of amides is 2. The number of carbonyl (C=O) groups is 3. The lowest BCUT2D eigenvalue weighted by atomic mass is 9.96. The van der Waals surface area contributed by atoms with Gasteiger partial charge < -0.3 is 9.64 Å². The summed E-state index contributed by atoms with van der Waals surface area (Å²) in [6.45, 7) is 6.41. The lowest BCUT2D eigenvalue weighted by Crippen LogP contribution is -2.51. The average molecular weight is 437 g/mol. The van der Waals surface area contributed by atoms with Gasteiger partial charge in [-0.2, -0.15) is 0 Å². The van der Waals surface area contributed by atoms with E-state index in [0.29, 0.717) is 32.5 Å². The highest BCUT2D eigenvalue weighted by molar-refractivity contribution is 7.89. The van der Waals surface area contributed by atoms with Crippen molar-refractivity contribution < 1.29 is 27.5 Å². The van der Waals surface area contributed by atoms with Crippen LogP contribution in [0.4, 0.5) is 0 Å². The summed E-state index contributed by atoms with van der Waals surface area (Å²) in [6.07, 6.45) is 1.11. The van der Waals surface area contributed by atoms with Gasteiger partial charge in [0.15, 0.2) is 0 Å². The van der Waals surface area contributed by atoms with Crippen LogP contribution >= 0.6 is 0 Å². The van der Waals surface area contributed by atoms with Gasteiger partial charge in [-0.05, 0) is 63.3 Å². The van der Waals surface area contributed by atoms with Gasteiger partial charge in [0, 0.05) is 19.5 Å². The molecular formula is C21H28N2O6S. The third-order valence-electron chi connectivity index (χ3n) is 5.91. The Bertz CT molecular complexity index is 950. The molecule has 2 aliphatic rings. The number of rotatable bonds is 5. The summed E-state index contributed by atoms with van der Waals surface area (Å²) < 4.78 is 32.2. The predicted molar refractivity (Wildman–Crippen MR) is 109 cm³/mol. The molecule has 0 radical (unpaired) electrons. The van der Waals surface area contributed by atoms with Gasteiger partial charge >= 0.3 is 5.97 Å². The van der Waals surface area contributed by atoms with Crippen LogP contribution in [-0.4, -0.2) is 61.1 Å². The molecule has 2 amide bonds. The van der Waals surface area contributed by atoms with Gasteiger partial charge in [-0.15, -0.1) is 0 Å². The van der Waals surface area contributed by atoms with Crippen LogP contribution in [0.2, 0.25) is 0 Å². The molecule has 1 aromatic rings. The molecule has 0 spiro atoms. The molecule has 164 valence electrons. The summed E-state index contributed by atoms with van der Waals surface area (Å²) in [7, 11) is -4.13. The second kappa shape index (κ2) is 8.75. The maximum atomic E-state index is 13.2. The third kappa shape index (κ3) is 4.21. The number of nitrogens with zero attached hydrogens (tertiary/aromatic N) is 2. The van der Waals surface area contributed by atoms with Crippen LogP contribution in [0.3, 0.4) is 0 Å². The Labute approximate surface area is 177 Å². The summed E-state index contributed by atoms with van der Waals surface area (Å²) in [6, 6.07) is 3.65. The second-order valence-corrected chi connectivity index (χ2v) is 9.66. The number of benzene rings is 1. The Balaban J connectivity index is 1.77.